The first kappa shape index (κ1) is 17.0. The van der Waals surface area contributed by atoms with E-state index >= 15 is 0 Å². The Morgan fingerprint density at radius 3 is 2.45 bits per heavy atom. The predicted octanol–water partition coefficient (Wildman–Crippen LogP) is 4.95. The van der Waals surface area contributed by atoms with Crippen molar-refractivity contribution in [2.24, 2.45) is 0 Å². The van der Waals surface area contributed by atoms with Crippen molar-refractivity contribution in [1.82, 2.24) is 5.32 Å². The molecule has 0 aliphatic heterocycles. The summed E-state index contributed by atoms with van der Waals surface area (Å²) in [5, 5.41) is 7.28. The maximum atomic E-state index is 5.33. The quantitative estimate of drug-likeness (QED) is 0.523. The van der Waals surface area contributed by atoms with Gasteiger partial charge in [-0.25, -0.2) is 0 Å². The van der Waals surface area contributed by atoms with Crippen LogP contribution < -0.4 is 10.6 Å². The first-order valence-corrected chi connectivity index (χ1v) is 8.16. The van der Waals surface area contributed by atoms with Crippen LogP contribution in [0.1, 0.15) is 56.6 Å². The molecule has 0 amide bonds. The predicted molar refractivity (Wildman–Crippen MR) is 93.5 cm³/mol. The molecule has 0 heterocycles. The van der Waals surface area contributed by atoms with Gasteiger partial charge in [0.05, 0.1) is 0 Å². The maximum Gasteiger partial charge on any atom is 0.170 e. The highest BCUT2D eigenvalue weighted by molar-refractivity contribution is 7.80. The van der Waals surface area contributed by atoms with Crippen molar-refractivity contribution in [3.63, 3.8) is 0 Å². The second kappa shape index (κ2) is 9.76. The number of thiocarbonyl (C=S) groups is 1. The minimum absolute atomic E-state index is 0.727. The topological polar surface area (TPSA) is 24.1 Å². The van der Waals surface area contributed by atoms with Gasteiger partial charge in [0.1, 0.15) is 0 Å². The third-order valence-corrected chi connectivity index (χ3v) is 3.69. The molecular formula is C17H28N2S. The molecule has 0 fully saturated rings. The van der Waals surface area contributed by atoms with Crippen LogP contribution in [0.4, 0.5) is 5.69 Å². The monoisotopic (exact) mass is 292 g/mol. The van der Waals surface area contributed by atoms with Crippen molar-refractivity contribution in [1.29, 1.82) is 0 Å². The molecule has 1 aromatic rings. The van der Waals surface area contributed by atoms with Gasteiger partial charge in [-0.2, -0.15) is 0 Å². The van der Waals surface area contributed by atoms with Gasteiger partial charge in [0.2, 0.25) is 0 Å². The van der Waals surface area contributed by atoms with Gasteiger partial charge >= 0.3 is 0 Å². The lowest BCUT2D eigenvalue weighted by Gasteiger charge is -2.13. The van der Waals surface area contributed by atoms with Gasteiger partial charge < -0.3 is 10.6 Å². The van der Waals surface area contributed by atoms with Gasteiger partial charge in [0.25, 0.3) is 0 Å². The Hall–Kier alpha value is -1.09. The zero-order valence-corrected chi connectivity index (χ0v) is 13.9. The minimum Gasteiger partial charge on any atom is -0.362 e. The molecule has 0 radical (unpaired) electrons. The fraction of sp³-hybridized carbons (Fsp3) is 0.588. The lowest BCUT2D eigenvalue weighted by atomic mass is 10.1. The Labute approximate surface area is 129 Å². The highest BCUT2D eigenvalue weighted by Crippen LogP contribution is 2.15. The van der Waals surface area contributed by atoms with Crippen LogP contribution in [0.5, 0.6) is 0 Å². The number of anilines is 1. The van der Waals surface area contributed by atoms with E-state index in [2.05, 4.69) is 49.6 Å². The molecule has 2 N–H and O–H groups in total. The van der Waals surface area contributed by atoms with Crippen LogP contribution in [-0.2, 0) is 0 Å². The fourth-order valence-corrected chi connectivity index (χ4v) is 2.44. The van der Waals surface area contributed by atoms with E-state index in [1.165, 1.54) is 49.7 Å². The fourth-order valence-electron chi connectivity index (χ4n) is 2.23. The lowest BCUT2D eigenvalue weighted by Crippen LogP contribution is -2.29. The van der Waals surface area contributed by atoms with Crippen molar-refractivity contribution in [3.05, 3.63) is 29.3 Å². The summed E-state index contributed by atoms with van der Waals surface area (Å²) in [5.74, 6) is 0. The molecule has 0 bridgehead atoms. The van der Waals surface area contributed by atoms with Gasteiger partial charge in [-0.1, -0.05) is 56.7 Å². The molecule has 0 saturated heterocycles. The number of hydrogen-bond acceptors (Lipinski definition) is 1. The van der Waals surface area contributed by atoms with Gasteiger partial charge in [0, 0.05) is 12.2 Å². The highest BCUT2D eigenvalue weighted by Gasteiger charge is 2.00. The molecule has 0 spiro atoms. The van der Waals surface area contributed by atoms with E-state index in [9.17, 15) is 0 Å². The van der Waals surface area contributed by atoms with E-state index in [1.54, 1.807) is 0 Å². The van der Waals surface area contributed by atoms with Crippen LogP contribution in [0.3, 0.4) is 0 Å². The molecule has 0 aromatic heterocycles. The molecular weight excluding hydrogens is 264 g/mol. The van der Waals surface area contributed by atoms with E-state index in [0.717, 1.165) is 17.3 Å². The highest BCUT2D eigenvalue weighted by atomic mass is 32.1. The summed E-state index contributed by atoms with van der Waals surface area (Å²) >= 11 is 5.33. The zero-order valence-electron chi connectivity index (χ0n) is 13.1. The second-order valence-corrected chi connectivity index (χ2v) is 5.88. The number of unbranched alkanes of at least 4 members (excludes halogenated alkanes) is 5. The van der Waals surface area contributed by atoms with Crippen LogP contribution in [0.15, 0.2) is 18.2 Å². The molecule has 1 rings (SSSR count). The van der Waals surface area contributed by atoms with Crippen molar-refractivity contribution >= 4 is 23.0 Å². The summed E-state index contributed by atoms with van der Waals surface area (Å²) in [7, 11) is 0. The molecule has 0 atom stereocenters. The molecule has 0 saturated carbocycles. The van der Waals surface area contributed by atoms with Gasteiger partial charge in [-0.3, -0.25) is 0 Å². The average Bonchev–Trinajstić information content (AvgIpc) is 2.41. The van der Waals surface area contributed by atoms with Crippen LogP contribution in [0.25, 0.3) is 0 Å². The van der Waals surface area contributed by atoms with Gasteiger partial charge in [-0.15, -0.1) is 0 Å². The Balaban J connectivity index is 2.17. The smallest absolute Gasteiger partial charge is 0.170 e. The number of hydrogen-bond donors (Lipinski definition) is 2. The van der Waals surface area contributed by atoms with Crippen molar-refractivity contribution in [2.45, 2.75) is 59.3 Å². The number of benzene rings is 1. The third kappa shape index (κ3) is 6.90. The van der Waals surface area contributed by atoms with Crippen molar-refractivity contribution in [3.8, 4) is 0 Å². The van der Waals surface area contributed by atoms with E-state index in [1.807, 2.05) is 0 Å². The summed E-state index contributed by atoms with van der Waals surface area (Å²) in [4.78, 5) is 0. The SMILES string of the molecule is CCCCCCCCNC(=S)Nc1ccc(C)cc1C. The zero-order chi connectivity index (χ0) is 14.8. The Morgan fingerprint density at radius 1 is 1.05 bits per heavy atom. The normalized spacial score (nSPS) is 10.3. The van der Waals surface area contributed by atoms with E-state index in [4.69, 9.17) is 12.2 Å². The molecule has 20 heavy (non-hydrogen) atoms. The number of aryl methyl sites for hydroxylation is 2. The first-order valence-electron chi connectivity index (χ1n) is 7.75. The lowest BCUT2D eigenvalue weighted by molar-refractivity contribution is 0.603. The van der Waals surface area contributed by atoms with E-state index in [-0.39, 0.29) is 0 Å². The summed E-state index contributed by atoms with van der Waals surface area (Å²) < 4.78 is 0. The van der Waals surface area contributed by atoms with Crippen molar-refractivity contribution in [2.75, 3.05) is 11.9 Å². The van der Waals surface area contributed by atoms with Crippen LogP contribution in [0, 0.1) is 13.8 Å². The Bertz CT molecular complexity index is 415. The Morgan fingerprint density at radius 2 is 1.75 bits per heavy atom. The molecule has 3 heteroatoms. The average molecular weight is 292 g/mol. The standard InChI is InChI=1S/C17H28N2S/c1-4-5-6-7-8-9-12-18-17(20)19-16-11-10-14(2)13-15(16)3/h10-11,13H,4-9,12H2,1-3H3,(H2,18,19,20). The second-order valence-electron chi connectivity index (χ2n) is 5.47. The Kier molecular flexibility index (Phi) is 8.28. The molecule has 112 valence electrons. The minimum atomic E-state index is 0.727. The molecule has 0 unspecified atom stereocenters. The number of rotatable bonds is 8. The first-order chi connectivity index (χ1) is 9.63. The maximum absolute atomic E-state index is 5.33. The summed E-state index contributed by atoms with van der Waals surface area (Å²) in [6, 6.07) is 6.35. The van der Waals surface area contributed by atoms with Crippen LogP contribution >= 0.6 is 12.2 Å². The summed E-state index contributed by atoms with van der Waals surface area (Å²) in [5.41, 5.74) is 3.60. The summed E-state index contributed by atoms with van der Waals surface area (Å²) in [6.45, 7) is 7.42. The largest absolute Gasteiger partial charge is 0.362 e. The number of nitrogens with one attached hydrogen (secondary N) is 2. The van der Waals surface area contributed by atoms with Gasteiger partial charge in [-0.05, 0) is 44.1 Å². The summed E-state index contributed by atoms with van der Waals surface area (Å²) in [6.07, 6.45) is 7.86. The van der Waals surface area contributed by atoms with Crippen LogP contribution in [0.2, 0.25) is 0 Å². The van der Waals surface area contributed by atoms with E-state index in [0.29, 0.717) is 0 Å². The molecule has 0 aliphatic rings. The van der Waals surface area contributed by atoms with Crippen LogP contribution in [-0.4, -0.2) is 11.7 Å². The van der Waals surface area contributed by atoms with E-state index < -0.39 is 0 Å². The third-order valence-electron chi connectivity index (χ3n) is 3.45. The molecule has 1 aromatic carbocycles. The van der Waals surface area contributed by atoms with Gasteiger partial charge in [0.15, 0.2) is 5.11 Å². The molecule has 0 aliphatic carbocycles. The molecule has 2 nitrogen and oxygen atoms in total. The van der Waals surface area contributed by atoms with Crippen molar-refractivity contribution < 1.29 is 0 Å².